The molecule has 1 aromatic rings. The van der Waals surface area contributed by atoms with Crippen molar-refractivity contribution >= 4 is 19.2 Å². The summed E-state index contributed by atoms with van der Waals surface area (Å²) in [5, 5.41) is 3.91. The molecule has 0 aromatic heterocycles. The average Bonchev–Trinajstić information content (AvgIpc) is 2.90. The molecule has 1 aromatic carbocycles. The van der Waals surface area contributed by atoms with Crippen LogP contribution in [-0.2, 0) is 23.2 Å². The first-order chi connectivity index (χ1) is 11.4. The summed E-state index contributed by atoms with van der Waals surface area (Å²) >= 11 is 0. The van der Waals surface area contributed by atoms with Gasteiger partial charge < -0.3 is 14.4 Å². The Balaban J connectivity index is 2.06. The van der Waals surface area contributed by atoms with Crippen LogP contribution in [0.2, 0.25) is 0 Å². The van der Waals surface area contributed by atoms with Gasteiger partial charge in [0.15, 0.2) is 6.10 Å². The Morgan fingerprint density at radius 3 is 2.67 bits per heavy atom. The summed E-state index contributed by atoms with van der Waals surface area (Å²) in [5.74, 6) is -1.58. The third-order valence-electron chi connectivity index (χ3n) is 3.51. The van der Waals surface area contributed by atoms with Gasteiger partial charge in [0.1, 0.15) is 11.6 Å². The predicted octanol–water partition coefficient (Wildman–Crippen LogP) is 2.99. The van der Waals surface area contributed by atoms with Gasteiger partial charge in [0, 0.05) is 19.2 Å². The Morgan fingerprint density at radius 1 is 1.42 bits per heavy atom. The number of nitrogens with zero attached hydrogens (tertiary/aromatic N) is 1. The van der Waals surface area contributed by atoms with Gasteiger partial charge in [-0.2, -0.15) is 5.06 Å². The van der Waals surface area contributed by atoms with Crippen molar-refractivity contribution in [1.29, 1.82) is 0 Å². The lowest BCUT2D eigenvalue weighted by Gasteiger charge is -2.25. The summed E-state index contributed by atoms with van der Waals surface area (Å²) in [6.07, 6.45) is -0.716. The first kappa shape index (κ1) is 19.0. The molecular weight excluding hydrogens is 338 g/mol. The van der Waals surface area contributed by atoms with Gasteiger partial charge in [-0.25, -0.2) is 4.39 Å². The van der Waals surface area contributed by atoms with E-state index in [1.807, 2.05) is 0 Å². The van der Waals surface area contributed by atoms with E-state index in [1.165, 1.54) is 23.3 Å². The Bertz CT molecular complexity index is 620. The van der Waals surface area contributed by atoms with Gasteiger partial charge in [-0.15, -0.1) is 0 Å². The molecule has 0 unspecified atom stereocenters. The number of anilines is 1. The van der Waals surface area contributed by atoms with Crippen molar-refractivity contribution in [3.63, 3.8) is 0 Å². The number of rotatable bonds is 7. The highest BCUT2D eigenvalue weighted by molar-refractivity contribution is 7.54. The van der Waals surface area contributed by atoms with Crippen LogP contribution in [0.1, 0.15) is 20.3 Å². The van der Waals surface area contributed by atoms with Gasteiger partial charge in [-0.05, 0) is 32.0 Å². The van der Waals surface area contributed by atoms with Crippen LogP contribution in [0.5, 0.6) is 0 Å². The predicted molar refractivity (Wildman–Crippen MR) is 86.9 cm³/mol. The molecule has 1 heterocycles. The molecule has 9 heteroatoms. The first-order valence-corrected chi connectivity index (χ1v) is 9.35. The van der Waals surface area contributed by atoms with E-state index in [-0.39, 0.29) is 19.6 Å². The SMILES string of the molecule is CCOP(=O)(OCC)[C@H]1C[C@H](C(=O)Nc2cccc(F)c2)ON1C. The topological polar surface area (TPSA) is 77.1 Å². The number of hydroxylamine groups is 2. The summed E-state index contributed by atoms with van der Waals surface area (Å²) in [6, 6.07) is 5.56. The quantitative estimate of drug-likeness (QED) is 0.754. The fourth-order valence-electron chi connectivity index (χ4n) is 2.50. The van der Waals surface area contributed by atoms with Gasteiger partial charge in [0.05, 0.1) is 13.2 Å². The standard InChI is InChI=1S/C15H22FN2O5P/c1-4-21-24(20,22-5-2)14-10-13(23-18(14)3)15(19)17-12-8-6-7-11(16)9-12/h6-9,13-14H,4-5,10H2,1-3H3,(H,17,19)/t13-,14+/m1/s1. The molecule has 0 saturated carbocycles. The molecular formula is C15H22FN2O5P. The highest BCUT2D eigenvalue weighted by Crippen LogP contribution is 2.57. The van der Waals surface area contributed by atoms with E-state index in [1.54, 1.807) is 27.0 Å². The maximum absolute atomic E-state index is 13.2. The second kappa shape index (κ2) is 8.18. The lowest BCUT2D eigenvalue weighted by Crippen LogP contribution is -2.28. The normalized spacial score (nSPS) is 21.8. The third-order valence-corrected chi connectivity index (χ3v) is 6.01. The van der Waals surface area contributed by atoms with Crippen molar-refractivity contribution in [2.45, 2.75) is 32.2 Å². The van der Waals surface area contributed by atoms with Crippen LogP contribution in [0.15, 0.2) is 24.3 Å². The zero-order chi connectivity index (χ0) is 17.7. The molecule has 1 aliphatic heterocycles. The minimum absolute atomic E-state index is 0.148. The van der Waals surface area contributed by atoms with E-state index < -0.39 is 31.2 Å². The number of halogens is 1. The van der Waals surface area contributed by atoms with Crippen molar-refractivity contribution in [1.82, 2.24) is 5.06 Å². The van der Waals surface area contributed by atoms with Crippen LogP contribution in [0, 0.1) is 5.82 Å². The van der Waals surface area contributed by atoms with E-state index >= 15 is 0 Å². The van der Waals surface area contributed by atoms with E-state index in [0.29, 0.717) is 5.69 Å². The Kier molecular flexibility index (Phi) is 6.48. The van der Waals surface area contributed by atoms with Crippen LogP contribution in [-0.4, -0.2) is 43.1 Å². The number of hydrogen-bond acceptors (Lipinski definition) is 6. The number of hydrogen-bond donors (Lipinski definition) is 1. The van der Waals surface area contributed by atoms with Crippen LogP contribution in [0.25, 0.3) is 0 Å². The molecule has 1 amide bonds. The molecule has 0 spiro atoms. The molecule has 2 atom stereocenters. The van der Waals surface area contributed by atoms with E-state index in [0.717, 1.165) is 0 Å². The minimum Gasteiger partial charge on any atom is -0.324 e. The van der Waals surface area contributed by atoms with Gasteiger partial charge in [-0.3, -0.25) is 14.2 Å². The Labute approximate surface area is 140 Å². The number of benzene rings is 1. The molecule has 2 rings (SSSR count). The maximum atomic E-state index is 13.2. The molecule has 134 valence electrons. The van der Waals surface area contributed by atoms with Gasteiger partial charge >= 0.3 is 7.60 Å². The number of carbonyl (C=O) groups excluding carboxylic acids is 1. The Morgan fingerprint density at radius 2 is 2.08 bits per heavy atom. The lowest BCUT2D eigenvalue weighted by molar-refractivity contribution is -0.155. The minimum atomic E-state index is -3.43. The molecule has 1 fully saturated rings. The largest absolute Gasteiger partial charge is 0.350 e. The van der Waals surface area contributed by atoms with Gasteiger partial charge in [0.2, 0.25) is 0 Å². The molecule has 24 heavy (non-hydrogen) atoms. The summed E-state index contributed by atoms with van der Waals surface area (Å²) in [4.78, 5) is 17.8. The highest BCUT2D eigenvalue weighted by atomic mass is 31.2. The lowest BCUT2D eigenvalue weighted by atomic mass is 10.2. The molecule has 0 bridgehead atoms. The zero-order valence-corrected chi connectivity index (χ0v) is 14.8. The van der Waals surface area contributed by atoms with E-state index in [9.17, 15) is 13.8 Å². The van der Waals surface area contributed by atoms with E-state index in [4.69, 9.17) is 13.9 Å². The monoisotopic (exact) mass is 360 g/mol. The van der Waals surface area contributed by atoms with Crippen molar-refractivity contribution in [2.75, 3.05) is 25.6 Å². The average molecular weight is 360 g/mol. The molecule has 1 saturated heterocycles. The second-order valence-electron chi connectivity index (χ2n) is 5.23. The molecule has 1 aliphatic rings. The fraction of sp³-hybridized carbons (Fsp3) is 0.533. The maximum Gasteiger partial charge on any atom is 0.350 e. The number of nitrogens with one attached hydrogen (secondary N) is 1. The van der Waals surface area contributed by atoms with Crippen LogP contribution in [0.3, 0.4) is 0 Å². The third kappa shape index (κ3) is 4.40. The molecule has 1 N–H and O–H groups in total. The van der Waals surface area contributed by atoms with Crippen LogP contribution >= 0.6 is 7.60 Å². The van der Waals surface area contributed by atoms with Crippen LogP contribution in [0.4, 0.5) is 10.1 Å². The van der Waals surface area contributed by atoms with Gasteiger partial charge in [0.25, 0.3) is 5.91 Å². The number of carbonyl (C=O) groups is 1. The Hall–Kier alpha value is -1.31. The summed E-state index contributed by atoms with van der Waals surface area (Å²) < 4.78 is 36.7. The number of amides is 1. The van der Waals surface area contributed by atoms with E-state index in [2.05, 4.69) is 5.32 Å². The highest BCUT2D eigenvalue weighted by Gasteiger charge is 2.48. The molecule has 0 aliphatic carbocycles. The van der Waals surface area contributed by atoms with Crippen LogP contribution < -0.4 is 5.32 Å². The molecule has 7 nitrogen and oxygen atoms in total. The first-order valence-electron chi connectivity index (χ1n) is 7.74. The van der Waals surface area contributed by atoms with Crippen molar-refractivity contribution in [2.24, 2.45) is 0 Å². The van der Waals surface area contributed by atoms with Crippen molar-refractivity contribution < 1.29 is 27.6 Å². The van der Waals surface area contributed by atoms with Gasteiger partial charge in [-0.1, -0.05) is 6.07 Å². The zero-order valence-electron chi connectivity index (χ0n) is 13.9. The van der Waals surface area contributed by atoms with Crippen molar-refractivity contribution in [3.8, 4) is 0 Å². The summed E-state index contributed by atoms with van der Waals surface area (Å²) in [7, 11) is -1.86. The summed E-state index contributed by atoms with van der Waals surface area (Å²) in [5.41, 5.74) is 0.326. The van der Waals surface area contributed by atoms with Crippen molar-refractivity contribution in [3.05, 3.63) is 30.1 Å². The second-order valence-corrected chi connectivity index (χ2v) is 7.42. The fourth-order valence-corrected chi connectivity index (χ4v) is 4.54. The molecule has 0 radical (unpaired) electrons. The summed E-state index contributed by atoms with van der Waals surface area (Å²) in [6.45, 7) is 3.88. The smallest absolute Gasteiger partial charge is 0.324 e.